The third-order valence-corrected chi connectivity index (χ3v) is 4.22. The molecule has 0 bridgehead atoms. The number of amides is 1. The van der Waals surface area contributed by atoms with Gasteiger partial charge in [-0.3, -0.25) is 10.1 Å². The topological polar surface area (TPSA) is 64.1 Å². The molecule has 20 heavy (non-hydrogen) atoms. The Morgan fingerprint density at radius 1 is 1.40 bits per heavy atom. The fraction of sp³-hybridized carbons (Fsp3) is 0.308. The molecule has 1 amide bonds. The summed E-state index contributed by atoms with van der Waals surface area (Å²) in [6.45, 7) is 4.17. The Balaban J connectivity index is 2.05. The third-order valence-electron chi connectivity index (χ3n) is 2.30. The lowest BCUT2D eigenvalue weighted by Gasteiger charge is -2.03. The van der Waals surface area contributed by atoms with Gasteiger partial charge in [0.25, 0.3) is 5.91 Å². The average molecular weight is 309 g/mol. The van der Waals surface area contributed by atoms with Crippen molar-refractivity contribution in [2.75, 3.05) is 12.4 Å². The molecule has 0 spiro atoms. The second kappa shape index (κ2) is 6.71. The van der Waals surface area contributed by atoms with Crippen LogP contribution in [0.5, 0.6) is 5.75 Å². The van der Waals surface area contributed by atoms with E-state index >= 15 is 0 Å². The van der Waals surface area contributed by atoms with Crippen LogP contribution < -0.4 is 10.1 Å². The van der Waals surface area contributed by atoms with Crippen molar-refractivity contribution in [3.05, 3.63) is 29.8 Å². The van der Waals surface area contributed by atoms with E-state index in [1.54, 1.807) is 43.1 Å². The van der Waals surface area contributed by atoms with Crippen molar-refractivity contribution in [2.24, 2.45) is 0 Å². The van der Waals surface area contributed by atoms with Crippen LogP contribution in [0.1, 0.15) is 24.2 Å². The second-order valence-electron chi connectivity index (χ2n) is 4.23. The van der Waals surface area contributed by atoms with E-state index in [0.29, 0.717) is 21.7 Å². The number of benzene rings is 1. The Labute approximate surface area is 125 Å². The SMILES string of the molecule is COc1cccc(C(=O)Nc2nnc(SC(C)C)s2)c1. The van der Waals surface area contributed by atoms with Crippen molar-refractivity contribution in [1.29, 1.82) is 0 Å². The fourth-order valence-electron chi connectivity index (χ4n) is 1.44. The van der Waals surface area contributed by atoms with Crippen LogP contribution in [0.3, 0.4) is 0 Å². The smallest absolute Gasteiger partial charge is 0.257 e. The number of carbonyl (C=O) groups excluding carboxylic acids is 1. The number of methoxy groups -OCH3 is 1. The number of carbonyl (C=O) groups is 1. The van der Waals surface area contributed by atoms with Crippen molar-refractivity contribution in [1.82, 2.24) is 10.2 Å². The van der Waals surface area contributed by atoms with Crippen LogP contribution in [0.15, 0.2) is 28.6 Å². The monoisotopic (exact) mass is 309 g/mol. The molecule has 0 saturated carbocycles. The van der Waals surface area contributed by atoms with Crippen molar-refractivity contribution in [3.63, 3.8) is 0 Å². The number of hydrogen-bond acceptors (Lipinski definition) is 6. The van der Waals surface area contributed by atoms with Gasteiger partial charge in [-0.25, -0.2) is 0 Å². The molecule has 0 radical (unpaired) electrons. The van der Waals surface area contributed by atoms with Crippen molar-refractivity contribution in [2.45, 2.75) is 23.4 Å². The molecule has 1 heterocycles. The maximum absolute atomic E-state index is 12.1. The lowest BCUT2D eigenvalue weighted by Crippen LogP contribution is -2.11. The van der Waals surface area contributed by atoms with Gasteiger partial charge in [-0.05, 0) is 18.2 Å². The van der Waals surface area contributed by atoms with Gasteiger partial charge in [-0.1, -0.05) is 43.0 Å². The molecule has 7 heteroatoms. The standard InChI is InChI=1S/C13H15N3O2S2/c1-8(2)19-13-16-15-12(20-13)14-11(17)9-5-4-6-10(7-9)18-3/h4-8H,1-3H3,(H,14,15,17). The molecule has 1 aromatic heterocycles. The van der Waals surface area contributed by atoms with Crippen molar-refractivity contribution in [3.8, 4) is 5.75 Å². The van der Waals surface area contributed by atoms with Gasteiger partial charge in [-0.15, -0.1) is 10.2 Å². The van der Waals surface area contributed by atoms with Gasteiger partial charge in [0.2, 0.25) is 5.13 Å². The zero-order valence-corrected chi connectivity index (χ0v) is 13.0. The number of thioether (sulfide) groups is 1. The highest BCUT2D eigenvalue weighted by Gasteiger charge is 2.11. The molecule has 0 aliphatic carbocycles. The van der Waals surface area contributed by atoms with Crippen LogP contribution in [0.4, 0.5) is 5.13 Å². The minimum atomic E-state index is -0.221. The zero-order chi connectivity index (χ0) is 14.5. The van der Waals surface area contributed by atoms with E-state index in [2.05, 4.69) is 29.4 Å². The van der Waals surface area contributed by atoms with Crippen molar-refractivity contribution < 1.29 is 9.53 Å². The van der Waals surface area contributed by atoms with E-state index in [0.717, 1.165) is 4.34 Å². The number of rotatable bonds is 5. The number of nitrogens with one attached hydrogen (secondary N) is 1. The Hall–Kier alpha value is -1.60. The Bertz CT molecular complexity index is 599. The van der Waals surface area contributed by atoms with Gasteiger partial charge < -0.3 is 4.74 Å². The first-order valence-electron chi connectivity index (χ1n) is 6.04. The molecule has 0 aliphatic heterocycles. The van der Waals surface area contributed by atoms with Crippen molar-refractivity contribution >= 4 is 34.1 Å². The molecule has 0 saturated heterocycles. The molecule has 0 fully saturated rings. The molecule has 1 aromatic carbocycles. The molecule has 0 aliphatic rings. The van der Waals surface area contributed by atoms with E-state index in [1.165, 1.54) is 11.3 Å². The molecular weight excluding hydrogens is 294 g/mol. The van der Waals surface area contributed by atoms with E-state index in [9.17, 15) is 4.79 Å². The summed E-state index contributed by atoms with van der Waals surface area (Å²) in [7, 11) is 1.57. The molecule has 0 unspecified atom stereocenters. The molecule has 1 N–H and O–H groups in total. The second-order valence-corrected chi connectivity index (χ2v) is 7.03. The third kappa shape index (κ3) is 3.94. The highest BCUT2D eigenvalue weighted by Crippen LogP contribution is 2.28. The predicted molar refractivity (Wildman–Crippen MR) is 81.8 cm³/mol. The van der Waals surface area contributed by atoms with E-state index in [1.807, 2.05) is 0 Å². The summed E-state index contributed by atoms with van der Waals surface area (Å²) in [4.78, 5) is 12.1. The predicted octanol–water partition coefficient (Wildman–Crippen LogP) is 3.30. The zero-order valence-electron chi connectivity index (χ0n) is 11.4. The van der Waals surface area contributed by atoms with Crippen LogP contribution in [0.25, 0.3) is 0 Å². The van der Waals surface area contributed by atoms with Crippen LogP contribution in [-0.4, -0.2) is 28.5 Å². The Morgan fingerprint density at radius 3 is 2.90 bits per heavy atom. The summed E-state index contributed by atoms with van der Waals surface area (Å²) in [5, 5.41) is 11.7. The first-order valence-corrected chi connectivity index (χ1v) is 7.73. The van der Waals surface area contributed by atoms with Crippen LogP contribution in [0, 0.1) is 0 Å². The van der Waals surface area contributed by atoms with Gasteiger partial charge in [0.05, 0.1) is 7.11 Å². The molecule has 5 nitrogen and oxygen atoms in total. The number of anilines is 1. The van der Waals surface area contributed by atoms with Gasteiger partial charge >= 0.3 is 0 Å². The van der Waals surface area contributed by atoms with Gasteiger partial charge in [0.1, 0.15) is 5.75 Å². The van der Waals surface area contributed by atoms with Gasteiger partial charge in [0.15, 0.2) is 4.34 Å². The Kier molecular flexibility index (Phi) is 4.97. The summed E-state index contributed by atoms with van der Waals surface area (Å²) in [5.74, 6) is 0.423. The average Bonchev–Trinajstić information content (AvgIpc) is 2.85. The van der Waals surface area contributed by atoms with Gasteiger partial charge in [0, 0.05) is 10.8 Å². The minimum absolute atomic E-state index is 0.221. The van der Waals surface area contributed by atoms with E-state index in [4.69, 9.17) is 4.74 Å². The number of nitrogens with zero attached hydrogens (tertiary/aromatic N) is 2. The molecule has 2 aromatic rings. The highest BCUT2D eigenvalue weighted by molar-refractivity contribution is 8.01. The van der Waals surface area contributed by atoms with E-state index in [-0.39, 0.29) is 5.91 Å². The summed E-state index contributed by atoms with van der Waals surface area (Å²) in [6.07, 6.45) is 0. The summed E-state index contributed by atoms with van der Waals surface area (Å²) in [5.41, 5.74) is 0.526. The van der Waals surface area contributed by atoms with Gasteiger partial charge in [-0.2, -0.15) is 0 Å². The number of aromatic nitrogens is 2. The number of hydrogen-bond donors (Lipinski definition) is 1. The first kappa shape index (κ1) is 14.8. The Morgan fingerprint density at radius 2 is 2.20 bits per heavy atom. The summed E-state index contributed by atoms with van der Waals surface area (Å²) >= 11 is 2.99. The minimum Gasteiger partial charge on any atom is -0.497 e. The largest absolute Gasteiger partial charge is 0.497 e. The molecular formula is C13H15N3O2S2. The van der Waals surface area contributed by atoms with Crippen LogP contribution in [0.2, 0.25) is 0 Å². The summed E-state index contributed by atoms with van der Waals surface area (Å²) in [6, 6.07) is 6.97. The van der Waals surface area contributed by atoms with Crippen LogP contribution in [-0.2, 0) is 0 Å². The lowest BCUT2D eigenvalue weighted by atomic mass is 10.2. The fourth-order valence-corrected chi connectivity index (χ4v) is 3.41. The highest BCUT2D eigenvalue weighted by atomic mass is 32.2. The quantitative estimate of drug-likeness (QED) is 0.678. The molecule has 106 valence electrons. The number of ether oxygens (including phenoxy) is 1. The maximum Gasteiger partial charge on any atom is 0.257 e. The van der Waals surface area contributed by atoms with Crippen LogP contribution >= 0.6 is 23.1 Å². The first-order chi connectivity index (χ1) is 9.58. The maximum atomic E-state index is 12.1. The normalized spacial score (nSPS) is 10.6. The lowest BCUT2D eigenvalue weighted by molar-refractivity contribution is 0.102. The molecule has 2 rings (SSSR count). The summed E-state index contributed by atoms with van der Waals surface area (Å²) < 4.78 is 5.94. The molecule has 0 atom stereocenters. The van der Waals surface area contributed by atoms with E-state index < -0.39 is 0 Å².